The monoisotopic (exact) mass is 299 g/mol. The molecule has 2 aromatic carbocycles. The molecule has 1 aliphatic rings. The minimum absolute atomic E-state index is 0.00991. The first-order valence-electron chi connectivity index (χ1n) is 7.33. The lowest BCUT2D eigenvalue weighted by Crippen LogP contribution is -2.38. The highest BCUT2D eigenvalue weighted by Crippen LogP contribution is 2.21. The topological polar surface area (TPSA) is 29.5 Å². The van der Waals surface area contributed by atoms with Crippen LogP contribution in [0, 0.1) is 5.82 Å². The summed E-state index contributed by atoms with van der Waals surface area (Å²) in [6, 6.07) is 13.8. The van der Waals surface area contributed by atoms with E-state index in [1.807, 2.05) is 12.1 Å². The number of hydrogen-bond acceptors (Lipinski definition) is 2. The first-order valence-corrected chi connectivity index (χ1v) is 7.33. The van der Waals surface area contributed by atoms with Crippen LogP contribution in [-0.2, 0) is 17.8 Å². The van der Waals surface area contributed by atoms with Gasteiger partial charge >= 0.3 is 0 Å². The highest BCUT2D eigenvalue weighted by Gasteiger charge is 2.22. The van der Waals surface area contributed by atoms with Crippen molar-refractivity contribution in [2.45, 2.75) is 19.1 Å². The predicted octanol–water partition coefficient (Wildman–Crippen LogP) is 3.04. The number of benzene rings is 2. The van der Waals surface area contributed by atoms with Gasteiger partial charge in [0.05, 0.1) is 12.7 Å². The largest absolute Gasteiger partial charge is 0.371 e. The zero-order chi connectivity index (χ0) is 15.5. The van der Waals surface area contributed by atoms with Crippen molar-refractivity contribution in [3.8, 4) is 0 Å². The van der Waals surface area contributed by atoms with Crippen molar-refractivity contribution < 1.29 is 13.9 Å². The summed E-state index contributed by atoms with van der Waals surface area (Å²) in [6.07, 6.45) is 0.793. The number of carbonyl (C=O) groups is 1. The molecule has 1 aliphatic heterocycles. The van der Waals surface area contributed by atoms with Gasteiger partial charge in [0.1, 0.15) is 5.82 Å². The van der Waals surface area contributed by atoms with Gasteiger partial charge in [-0.05, 0) is 35.4 Å². The van der Waals surface area contributed by atoms with E-state index in [1.165, 1.54) is 35.4 Å². The van der Waals surface area contributed by atoms with Crippen molar-refractivity contribution in [1.29, 1.82) is 0 Å². The summed E-state index contributed by atoms with van der Waals surface area (Å²) >= 11 is 0. The fraction of sp³-hybridized carbons (Fsp3) is 0.278. The molecule has 1 unspecified atom stereocenters. The second-order valence-corrected chi connectivity index (χ2v) is 5.60. The fourth-order valence-corrected chi connectivity index (χ4v) is 2.73. The van der Waals surface area contributed by atoms with E-state index < -0.39 is 0 Å². The summed E-state index contributed by atoms with van der Waals surface area (Å²) in [6.45, 7) is 1.10. The molecule has 0 saturated heterocycles. The Morgan fingerprint density at radius 3 is 2.59 bits per heavy atom. The van der Waals surface area contributed by atoms with Gasteiger partial charge in [0, 0.05) is 25.6 Å². The molecule has 114 valence electrons. The Balaban J connectivity index is 1.64. The fourth-order valence-electron chi connectivity index (χ4n) is 2.73. The molecule has 0 radical (unpaired) electrons. The van der Waals surface area contributed by atoms with Gasteiger partial charge in [-0.2, -0.15) is 0 Å². The van der Waals surface area contributed by atoms with E-state index in [9.17, 15) is 9.18 Å². The first kappa shape index (κ1) is 14.7. The SMILES string of the molecule is CN(CC1Cc2ccccc2CO1)C(=O)c1ccc(F)cc1. The van der Waals surface area contributed by atoms with Gasteiger partial charge in [0.25, 0.3) is 5.91 Å². The maximum atomic E-state index is 12.9. The van der Waals surface area contributed by atoms with Gasteiger partial charge in [-0.25, -0.2) is 4.39 Å². The van der Waals surface area contributed by atoms with Gasteiger partial charge in [-0.1, -0.05) is 24.3 Å². The maximum absolute atomic E-state index is 12.9. The van der Waals surface area contributed by atoms with E-state index in [2.05, 4.69) is 12.1 Å². The third kappa shape index (κ3) is 3.17. The van der Waals surface area contributed by atoms with Crippen LogP contribution in [0.3, 0.4) is 0 Å². The van der Waals surface area contributed by atoms with Crippen LogP contribution in [0.5, 0.6) is 0 Å². The van der Waals surface area contributed by atoms with Crippen LogP contribution in [0.1, 0.15) is 21.5 Å². The van der Waals surface area contributed by atoms with Crippen LogP contribution >= 0.6 is 0 Å². The van der Waals surface area contributed by atoms with Crippen molar-refractivity contribution >= 4 is 5.91 Å². The van der Waals surface area contributed by atoms with Crippen LogP contribution in [-0.4, -0.2) is 30.5 Å². The van der Waals surface area contributed by atoms with Crippen molar-refractivity contribution in [3.05, 3.63) is 71.0 Å². The van der Waals surface area contributed by atoms with Crippen molar-refractivity contribution in [3.63, 3.8) is 0 Å². The standard InChI is InChI=1S/C18H18FNO2/c1-20(18(21)13-6-8-16(19)9-7-13)11-17-10-14-4-2-3-5-15(14)12-22-17/h2-9,17H,10-12H2,1H3. The predicted molar refractivity (Wildman–Crippen MR) is 82.1 cm³/mol. The number of nitrogens with zero attached hydrogens (tertiary/aromatic N) is 1. The Morgan fingerprint density at radius 1 is 1.18 bits per heavy atom. The second kappa shape index (κ2) is 6.28. The van der Waals surface area contributed by atoms with Crippen LogP contribution in [0.25, 0.3) is 0 Å². The quantitative estimate of drug-likeness (QED) is 0.872. The third-order valence-corrected chi connectivity index (χ3v) is 3.96. The molecule has 0 bridgehead atoms. The highest BCUT2D eigenvalue weighted by atomic mass is 19.1. The maximum Gasteiger partial charge on any atom is 0.253 e. The Kier molecular flexibility index (Phi) is 4.20. The summed E-state index contributed by atoms with van der Waals surface area (Å²) in [4.78, 5) is 14.0. The summed E-state index contributed by atoms with van der Waals surface area (Å²) in [7, 11) is 1.75. The molecule has 3 rings (SSSR count). The molecule has 0 N–H and O–H groups in total. The Hall–Kier alpha value is -2.20. The molecule has 0 fully saturated rings. The second-order valence-electron chi connectivity index (χ2n) is 5.60. The molecule has 1 heterocycles. The van der Waals surface area contributed by atoms with Gasteiger partial charge in [0.15, 0.2) is 0 Å². The number of fused-ring (bicyclic) bond motifs is 1. The van der Waals surface area contributed by atoms with Gasteiger partial charge in [-0.3, -0.25) is 4.79 Å². The summed E-state index contributed by atoms with van der Waals surface area (Å²) < 4.78 is 18.7. The average molecular weight is 299 g/mol. The molecular formula is C18H18FNO2. The van der Waals surface area contributed by atoms with Crippen molar-refractivity contribution in [2.75, 3.05) is 13.6 Å². The Labute approximate surface area is 129 Å². The summed E-state index contributed by atoms with van der Waals surface area (Å²) in [5.74, 6) is -0.464. The van der Waals surface area contributed by atoms with Crippen molar-refractivity contribution in [1.82, 2.24) is 4.90 Å². The normalized spacial score (nSPS) is 16.9. The molecule has 4 heteroatoms. The molecule has 1 amide bonds. The average Bonchev–Trinajstić information content (AvgIpc) is 2.55. The first-order chi connectivity index (χ1) is 10.6. The van der Waals surface area contributed by atoms with E-state index in [1.54, 1.807) is 11.9 Å². The van der Waals surface area contributed by atoms with Gasteiger partial charge in [-0.15, -0.1) is 0 Å². The lowest BCUT2D eigenvalue weighted by atomic mass is 9.99. The third-order valence-electron chi connectivity index (χ3n) is 3.96. The van der Waals surface area contributed by atoms with Crippen molar-refractivity contribution in [2.24, 2.45) is 0 Å². The molecule has 2 aromatic rings. The van der Waals surface area contributed by atoms with E-state index >= 15 is 0 Å². The van der Waals surface area contributed by atoms with E-state index in [0.717, 1.165) is 6.42 Å². The van der Waals surface area contributed by atoms with Gasteiger partial charge < -0.3 is 9.64 Å². The zero-order valence-electron chi connectivity index (χ0n) is 12.5. The van der Waals surface area contributed by atoms with Crippen LogP contribution < -0.4 is 0 Å². The minimum atomic E-state index is -0.341. The van der Waals surface area contributed by atoms with Crippen LogP contribution in [0.4, 0.5) is 4.39 Å². The number of carbonyl (C=O) groups excluding carboxylic acids is 1. The van der Waals surface area contributed by atoms with Gasteiger partial charge in [0.2, 0.25) is 0 Å². The van der Waals surface area contributed by atoms with E-state index in [-0.39, 0.29) is 17.8 Å². The molecule has 0 aromatic heterocycles. The summed E-state index contributed by atoms with van der Waals surface area (Å²) in [5, 5.41) is 0. The molecule has 0 saturated carbocycles. The minimum Gasteiger partial charge on any atom is -0.371 e. The molecule has 0 spiro atoms. The summed E-state index contributed by atoms with van der Waals surface area (Å²) in [5.41, 5.74) is 2.98. The molecule has 3 nitrogen and oxygen atoms in total. The number of ether oxygens (including phenoxy) is 1. The van der Waals surface area contributed by atoms with E-state index in [0.29, 0.717) is 18.7 Å². The number of hydrogen-bond donors (Lipinski definition) is 0. The zero-order valence-corrected chi connectivity index (χ0v) is 12.5. The molecule has 22 heavy (non-hydrogen) atoms. The highest BCUT2D eigenvalue weighted by molar-refractivity contribution is 5.94. The number of halogens is 1. The Bertz CT molecular complexity index is 669. The lowest BCUT2D eigenvalue weighted by molar-refractivity contribution is 0.00985. The smallest absolute Gasteiger partial charge is 0.253 e. The molecule has 1 atom stereocenters. The number of amides is 1. The van der Waals surface area contributed by atoms with E-state index in [4.69, 9.17) is 4.74 Å². The Morgan fingerprint density at radius 2 is 1.86 bits per heavy atom. The lowest BCUT2D eigenvalue weighted by Gasteiger charge is -2.29. The molecule has 0 aliphatic carbocycles. The van der Waals surface area contributed by atoms with Crippen LogP contribution in [0.2, 0.25) is 0 Å². The van der Waals surface area contributed by atoms with Crippen LogP contribution in [0.15, 0.2) is 48.5 Å². The molecular weight excluding hydrogens is 281 g/mol. The number of rotatable bonds is 3. The number of likely N-dealkylation sites (N-methyl/N-ethyl adjacent to an activating group) is 1.